The topological polar surface area (TPSA) is 24.9 Å². The van der Waals surface area contributed by atoms with E-state index in [-0.39, 0.29) is 0 Å². The third-order valence-corrected chi connectivity index (χ3v) is 4.66. The molecule has 1 aromatic heterocycles. The lowest BCUT2D eigenvalue weighted by molar-refractivity contribution is 0.315. The van der Waals surface area contributed by atoms with Crippen LogP contribution in [0, 0.1) is 12.8 Å². The Labute approximate surface area is 124 Å². The lowest BCUT2D eigenvalue weighted by Gasteiger charge is -2.27. The SMILES string of the molecule is CCCNC(Cc1ncccc1C)C1CCCCCC1. The molecule has 0 bridgehead atoms. The van der Waals surface area contributed by atoms with Crippen molar-refractivity contribution < 1.29 is 0 Å². The minimum absolute atomic E-state index is 0.613. The van der Waals surface area contributed by atoms with Gasteiger partial charge in [0.2, 0.25) is 0 Å². The molecule has 0 aromatic carbocycles. The molecule has 1 atom stereocenters. The van der Waals surface area contributed by atoms with E-state index in [1.807, 2.05) is 12.3 Å². The number of pyridine rings is 1. The fourth-order valence-corrected chi connectivity index (χ4v) is 3.39. The predicted molar refractivity (Wildman–Crippen MR) is 86.0 cm³/mol. The Morgan fingerprint density at radius 3 is 2.65 bits per heavy atom. The molecular formula is C18H30N2. The Bertz CT molecular complexity index is 381. The van der Waals surface area contributed by atoms with Crippen LogP contribution >= 0.6 is 0 Å². The summed E-state index contributed by atoms with van der Waals surface area (Å²) in [6, 6.07) is 4.84. The average molecular weight is 274 g/mol. The molecular weight excluding hydrogens is 244 g/mol. The fraction of sp³-hybridized carbons (Fsp3) is 0.722. The highest BCUT2D eigenvalue weighted by molar-refractivity contribution is 5.18. The normalized spacial score (nSPS) is 18.7. The van der Waals surface area contributed by atoms with Gasteiger partial charge in [-0.15, -0.1) is 0 Å². The van der Waals surface area contributed by atoms with E-state index >= 15 is 0 Å². The predicted octanol–water partition coefficient (Wildman–Crippen LogP) is 4.27. The molecule has 1 fully saturated rings. The second kappa shape index (κ2) is 8.41. The van der Waals surface area contributed by atoms with Gasteiger partial charge < -0.3 is 5.32 Å². The van der Waals surface area contributed by atoms with Crippen molar-refractivity contribution in [2.45, 2.75) is 71.3 Å². The number of nitrogens with zero attached hydrogens (tertiary/aromatic N) is 1. The molecule has 1 saturated carbocycles. The van der Waals surface area contributed by atoms with Crippen LogP contribution in [0.4, 0.5) is 0 Å². The first kappa shape index (κ1) is 15.5. The second-order valence-electron chi connectivity index (χ2n) is 6.28. The first-order chi connectivity index (χ1) is 9.81. The van der Waals surface area contributed by atoms with Gasteiger partial charge in [-0.3, -0.25) is 4.98 Å². The zero-order valence-corrected chi connectivity index (χ0v) is 13.2. The number of hydrogen-bond donors (Lipinski definition) is 1. The lowest BCUT2D eigenvalue weighted by Crippen LogP contribution is -2.39. The first-order valence-electron chi connectivity index (χ1n) is 8.45. The van der Waals surface area contributed by atoms with E-state index in [1.165, 1.54) is 56.2 Å². The number of hydrogen-bond acceptors (Lipinski definition) is 2. The summed E-state index contributed by atoms with van der Waals surface area (Å²) in [5.41, 5.74) is 2.62. The Balaban J connectivity index is 2.04. The van der Waals surface area contributed by atoms with Gasteiger partial charge in [0.15, 0.2) is 0 Å². The molecule has 1 heterocycles. The highest BCUT2D eigenvalue weighted by Gasteiger charge is 2.23. The van der Waals surface area contributed by atoms with Gasteiger partial charge in [0.1, 0.15) is 0 Å². The summed E-state index contributed by atoms with van der Waals surface area (Å²) in [7, 11) is 0. The molecule has 0 aliphatic heterocycles. The minimum atomic E-state index is 0.613. The molecule has 0 amide bonds. The van der Waals surface area contributed by atoms with Crippen LogP contribution in [0.3, 0.4) is 0 Å². The molecule has 20 heavy (non-hydrogen) atoms. The molecule has 0 spiro atoms. The van der Waals surface area contributed by atoms with E-state index in [4.69, 9.17) is 0 Å². The minimum Gasteiger partial charge on any atom is -0.313 e. The summed E-state index contributed by atoms with van der Waals surface area (Å²) in [5.74, 6) is 0.838. The number of rotatable bonds is 6. The number of nitrogens with one attached hydrogen (secondary N) is 1. The molecule has 1 unspecified atom stereocenters. The van der Waals surface area contributed by atoms with Gasteiger partial charge in [-0.25, -0.2) is 0 Å². The smallest absolute Gasteiger partial charge is 0.0448 e. The van der Waals surface area contributed by atoms with Crippen molar-refractivity contribution in [3.8, 4) is 0 Å². The van der Waals surface area contributed by atoms with Gasteiger partial charge in [0.25, 0.3) is 0 Å². The summed E-state index contributed by atoms with van der Waals surface area (Å²) in [6.45, 7) is 5.57. The van der Waals surface area contributed by atoms with E-state index in [1.54, 1.807) is 0 Å². The van der Waals surface area contributed by atoms with Gasteiger partial charge in [0.05, 0.1) is 0 Å². The Hall–Kier alpha value is -0.890. The lowest BCUT2D eigenvalue weighted by atomic mass is 9.88. The van der Waals surface area contributed by atoms with Crippen molar-refractivity contribution in [1.82, 2.24) is 10.3 Å². The molecule has 2 nitrogen and oxygen atoms in total. The molecule has 112 valence electrons. The van der Waals surface area contributed by atoms with E-state index in [0.717, 1.165) is 18.9 Å². The zero-order chi connectivity index (χ0) is 14.2. The first-order valence-corrected chi connectivity index (χ1v) is 8.45. The Morgan fingerprint density at radius 1 is 1.25 bits per heavy atom. The van der Waals surface area contributed by atoms with Crippen molar-refractivity contribution in [3.63, 3.8) is 0 Å². The maximum absolute atomic E-state index is 4.60. The summed E-state index contributed by atoms with van der Waals surface area (Å²) in [4.78, 5) is 4.60. The zero-order valence-electron chi connectivity index (χ0n) is 13.2. The Kier molecular flexibility index (Phi) is 6.52. The standard InChI is InChI=1S/C18H30N2/c1-3-12-19-18(16-10-6-4-5-7-11-16)14-17-15(2)9-8-13-20-17/h8-9,13,16,18-19H,3-7,10-12,14H2,1-2H3. The molecule has 1 aliphatic rings. The van der Waals surface area contributed by atoms with Crippen LogP contribution in [-0.4, -0.2) is 17.6 Å². The summed E-state index contributed by atoms with van der Waals surface area (Å²) < 4.78 is 0. The van der Waals surface area contributed by atoms with Crippen LogP contribution in [0.1, 0.15) is 63.1 Å². The molecule has 2 rings (SSSR count). The van der Waals surface area contributed by atoms with E-state index in [9.17, 15) is 0 Å². The maximum atomic E-state index is 4.60. The maximum Gasteiger partial charge on any atom is 0.0448 e. The van der Waals surface area contributed by atoms with Crippen LogP contribution in [0.15, 0.2) is 18.3 Å². The van der Waals surface area contributed by atoms with Gasteiger partial charge in [0, 0.05) is 24.4 Å². The third kappa shape index (κ3) is 4.59. The monoisotopic (exact) mass is 274 g/mol. The second-order valence-corrected chi connectivity index (χ2v) is 6.28. The van der Waals surface area contributed by atoms with Crippen LogP contribution < -0.4 is 5.32 Å². The van der Waals surface area contributed by atoms with Crippen molar-refractivity contribution in [2.24, 2.45) is 5.92 Å². The molecule has 2 heteroatoms. The fourth-order valence-electron chi connectivity index (χ4n) is 3.39. The van der Waals surface area contributed by atoms with Crippen LogP contribution in [-0.2, 0) is 6.42 Å². The summed E-state index contributed by atoms with van der Waals surface area (Å²) in [5, 5.41) is 3.80. The molecule has 1 aromatic rings. The van der Waals surface area contributed by atoms with Crippen molar-refractivity contribution >= 4 is 0 Å². The van der Waals surface area contributed by atoms with Crippen LogP contribution in [0.2, 0.25) is 0 Å². The molecule has 1 N–H and O–H groups in total. The highest BCUT2D eigenvalue weighted by atomic mass is 14.9. The van der Waals surface area contributed by atoms with Gasteiger partial charge >= 0.3 is 0 Å². The summed E-state index contributed by atoms with van der Waals surface area (Å²) in [6.07, 6.45) is 12.7. The largest absolute Gasteiger partial charge is 0.313 e. The van der Waals surface area contributed by atoms with Crippen LogP contribution in [0.5, 0.6) is 0 Å². The number of aromatic nitrogens is 1. The van der Waals surface area contributed by atoms with Gasteiger partial charge in [-0.2, -0.15) is 0 Å². The molecule has 0 saturated heterocycles. The van der Waals surface area contributed by atoms with Crippen LogP contribution in [0.25, 0.3) is 0 Å². The van der Waals surface area contributed by atoms with Gasteiger partial charge in [-0.1, -0.05) is 38.7 Å². The third-order valence-electron chi connectivity index (χ3n) is 4.66. The van der Waals surface area contributed by atoms with E-state index in [2.05, 4.69) is 30.2 Å². The Morgan fingerprint density at radius 2 is 2.00 bits per heavy atom. The van der Waals surface area contributed by atoms with E-state index < -0.39 is 0 Å². The average Bonchev–Trinajstić information content (AvgIpc) is 2.74. The number of aryl methyl sites for hydroxylation is 1. The van der Waals surface area contributed by atoms with Crippen molar-refractivity contribution in [2.75, 3.05) is 6.54 Å². The van der Waals surface area contributed by atoms with Crippen molar-refractivity contribution in [1.29, 1.82) is 0 Å². The molecule has 1 aliphatic carbocycles. The molecule has 0 radical (unpaired) electrons. The highest BCUT2D eigenvalue weighted by Crippen LogP contribution is 2.27. The van der Waals surface area contributed by atoms with Crippen molar-refractivity contribution in [3.05, 3.63) is 29.6 Å². The quantitative estimate of drug-likeness (QED) is 0.784. The van der Waals surface area contributed by atoms with E-state index in [0.29, 0.717) is 6.04 Å². The van der Waals surface area contributed by atoms with Gasteiger partial charge in [-0.05, 0) is 50.3 Å². The summed E-state index contributed by atoms with van der Waals surface area (Å²) >= 11 is 0.